The average molecular weight is 765 g/mol. The van der Waals surface area contributed by atoms with Gasteiger partial charge < -0.3 is 9.13 Å². The van der Waals surface area contributed by atoms with Gasteiger partial charge in [0.05, 0.1) is 33.5 Å². The van der Waals surface area contributed by atoms with Crippen LogP contribution in [0.2, 0.25) is 0 Å². The van der Waals surface area contributed by atoms with Gasteiger partial charge in [-0.1, -0.05) is 164 Å². The zero-order chi connectivity index (χ0) is 39.6. The molecule has 0 N–H and O–H groups in total. The molecule has 0 saturated heterocycles. The first-order chi connectivity index (χ1) is 29.7. The van der Waals surface area contributed by atoms with Crippen molar-refractivity contribution < 1.29 is 0 Å². The average Bonchev–Trinajstić information content (AvgIpc) is 3.85. The molecule has 0 amide bonds. The summed E-state index contributed by atoms with van der Waals surface area (Å²) in [6.45, 7) is 0. The molecule has 4 heteroatoms. The van der Waals surface area contributed by atoms with E-state index in [9.17, 15) is 0 Å². The van der Waals surface area contributed by atoms with Crippen LogP contribution >= 0.6 is 0 Å². The van der Waals surface area contributed by atoms with Crippen molar-refractivity contribution in [1.82, 2.24) is 19.1 Å². The van der Waals surface area contributed by atoms with E-state index in [2.05, 4.69) is 203 Å². The molecule has 9 aromatic carbocycles. The lowest BCUT2D eigenvalue weighted by atomic mass is 10.0. The largest absolute Gasteiger partial charge is 0.309 e. The Morgan fingerprint density at radius 1 is 0.300 bits per heavy atom. The lowest BCUT2D eigenvalue weighted by Crippen LogP contribution is -1.96. The Morgan fingerprint density at radius 2 is 0.867 bits per heavy atom. The Hall–Kier alpha value is -8.08. The number of nitrogens with zero attached hydrogens (tertiary/aromatic N) is 4. The molecular weight excluding hydrogens is 729 g/mol. The number of hydrogen-bond acceptors (Lipinski definition) is 2. The van der Waals surface area contributed by atoms with Crippen LogP contribution in [0.15, 0.2) is 218 Å². The Labute approximate surface area is 346 Å². The molecule has 3 aromatic heterocycles. The zero-order valence-corrected chi connectivity index (χ0v) is 32.6. The van der Waals surface area contributed by atoms with Crippen molar-refractivity contribution in [2.45, 2.75) is 0 Å². The minimum absolute atomic E-state index is 0.702. The fraction of sp³-hybridized carbons (Fsp3) is 0. The van der Waals surface area contributed by atoms with Gasteiger partial charge in [-0.2, -0.15) is 0 Å². The quantitative estimate of drug-likeness (QED) is 0.169. The van der Waals surface area contributed by atoms with Crippen LogP contribution in [-0.2, 0) is 0 Å². The van der Waals surface area contributed by atoms with Gasteiger partial charge >= 0.3 is 0 Å². The highest BCUT2D eigenvalue weighted by atomic mass is 15.0. The molecule has 0 aliphatic carbocycles. The van der Waals surface area contributed by atoms with Gasteiger partial charge in [-0.05, 0) is 76.5 Å². The first-order valence-electron chi connectivity index (χ1n) is 20.4. The number of para-hydroxylation sites is 3. The molecule has 0 bridgehead atoms. The lowest BCUT2D eigenvalue weighted by molar-refractivity contribution is 1.18. The standard InChI is InChI=1S/C56H36N4/c1-4-14-37(15-5-1)38-24-27-40(28-25-38)49-36-50(58-56(57-49)41-16-6-2-7-17-41)42-29-26-39-30-31-45(35-43(39)34-42)59-52-23-13-11-21-48(52)54-53(59)33-32-47-46-20-10-12-22-51(46)60(55(47)54)44-18-8-3-9-19-44/h1-36H. The van der Waals surface area contributed by atoms with E-state index < -0.39 is 0 Å². The fourth-order valence-corrected chi connectivity index (χ4v) is 9.09. The van der Waals surface area contributed by atoms with Gasteiger partial charge in [0.15, 0.2) is 5.82 Å². The van der Waals surface area contributed by atoms with Crippen molar-refractivity contribution in [2.24, 2.45) is 0 Å². The summed E-state index contributed by atoms with van der Waals surface area (Å²) in [5, 5.41) is 7.29. The molecule has 12 aromatic rings. The summed E-state index contributed by atoms with van der Waals surface area (Å²) >= 11 is 0. The van der Waals surface area contributed by atoms with Crippen LogP contribution in [-0.4, -0.2) is 19.1 Å². The number of rotatable bonds is 6. The molecule has 3 heterocycles. The van der Waals surface area contributed by atoms with Gasteiger partial charge in [-0.3, -0.25) is 0 Å². The highest BCUT2D eigenvalue weighted by Crippen LogP contribution is 2.42. The summed E-state index contributed by atoms with van der Waals surface area (Å²) in [6.07, 6.45) is 0. The Bertz CT molecular complexity index is 3570. The third kappa shape index (κ3) is 5.53. The Kier molecular flexibility index (Phi) is 7.82. The molecule has 280 valence electrons. The van der Waals surface area contributed by atoms with Crippen LogP contribution < -0.4 is 0 Å². The highest BCUT2D eigenvalue weighted by molar-refractivity contribution is 6.26. The first-order valence-corrected chi connectivity index (χ1v) is 20.4. The predicted octanol–water partition coefficient (Wildman–Crippen LogP) is 14.5. The predicted molar refractivity (Wildman–Crippen MR) is 250 cm³/mol. The molecule has 0 radical (unpaired) electrons. The van der Waals surface area contributed by atoms with Gasteiger partial charge in [0.1, 0.15) is 0 Å². The summed E-state index contributed by atoms with van der Waals surface area (Å²) in [6, 6.07) is 77.9. The fourth-order valence-electron chi connectivity index (χ4n) is 9.09. The van der Waals surface area contributed by atoms with Crippen molar-refractivity contribution in [3.8, 4) is 56.4 Å². The number of benzene rings is 9. The molecule has 0 spiro atoms. The summed E-state index contributed by atoms with van der Waals surface area (Å²) in [5.74, 6) is 0.702. The van der Waals surface area contributed by atoms with Gasteiger partial charge in [0, 0.05) is 49.6 Å². The van der Waals surface area contributed by atoms with Crippen LogP contribution in [0.3, 0.4) is 0 Å². The first kappa shape index (κ1) is 34.0. The summed E-state index contributed by atoms with van der Waals surface area (Å²) < 4.78 is 4.87. The molecule has 12 rings (SSSR count). The van der Waals surface area contributed by atoms with Gasteiger partial charge in [-0.15, -0.1) is 0 Å². The number of aromatic nitrogens is 4. The van der Waals surface area contributed by atoms with E-state index in [0.29, 0.717) is 5.82 Å². The van der Waals surface area contributed by atoms with Crippen LogP contribution in [0.5, 0.6) is 0 Å². The molecule has 60 heavy (non-hydrogen) atoms. The summed E-state index contributed by atoms with van der Waals surface area (Å²) in [4.78, 5) is 10.3. The van der Waals surface area contributed by atoms with Crippen molar-refractivity contribution in [3.05, 3.63) is 218 Å². The van der Waals surface area contributed by atoms with E-state index >= 15 is 0 Å². The third-order valence-electron chi connectivity index (χ3n) is 11.9. The molecule has 0 saturated carbocycles. The molecule has 0 unspecified atom stereocenters. The second-order valence-electron chi connectivity index (χ2n) is 15.4. The van der Waals surface area contributed by atoms with E-state index in [1.807, 2.05) is 24.3 Å². The summed E-state index contributed by atoms with van der Waals surface area (Å²) in [7, 11) is 0. The van der Waals surface area contributed by atoms with E-state index in [4.69, 9.17) is 9.97 Å². The SMILES string of the molecule is c1ccc(-c2ccc(-c3cc(-c4ccc5ccc(-n6c7ccccc7c7c6ccc6c8ccccc8n(-c8ccccc8)c67)cc5c4)nc(-c4ccccc4)n3)cc2)cc1. The van der Waals surface area contributed by atoms with Crippen molar-refractivity contribution in [1.29, 1.82) is 0 Å². The van der Waals surface area contributed by atoms with E-state index in [1.165, 1.54) is 60.1 Å². The van der Waals surface area contributed by atoms with Crippen LogP contribution in [0.4, 0.5) is 0 Å². The maximum absolute atomic E-state index is 5.19. The number of hydrogen-bond donors (Lipinski definition) is 0. The zero-order valence-electron chi connectivity index (χ0n) is 32.6. The highest BCUT2D eigenvalue weighted by Gasteiger charge is 2.21. The maximum Gasteiger partial charge on any atom is 0.160 e. The molecule has 0 aliphatic rings. The van der Waals surface area contributed by atoms with Gasteiger partial charge in [-0.25, -0.2) is 9.97 Å². The summed E-state index contributed by atoms with van der Waals surface area (Å²) in [5.41, 5.74) is 14.2. The molecule has 0 aliphatic heterocycles. The van der Waals surface area contributed by atoms with Gasteiger partial charge in [0.2, 0.25) is 0 Å². The van der Waals surface area contributed by atoms with E-state index in [1.54, 1.807) is 0 Å². The number of fused-ring (bicyclic) bond motifs is 8. The molecule has 4 nitrogen and oxygen atoms in total. The Balaban J connectivity index is 1.03. The molecule has 0 atom stereocenters. The van der Waals surface area contributed by atoms with Gasteiger partial charge in [0.25, 0.3) is 0 Å². The smallest absolute Gasteiger partial charge is 0.160 e. The lowest BCUT2D eigenvalue weighted by Gasteiger charge is -2.12. The van der Waals surface area contributed by atoms with Crippen molar-refractivity contribution >= 4 is 54.4 Å². The second kappa shape index (κ2) is 13.8. The normalized spacial score (nSPS) is 11.7. The second-order valence-corrected chi connectivity index (χ2v) is 15.4. The molecular formula is C56H36N4. The Morgan fingerprint density at radius 3 is 1.62 bits per heavy atom. The van der Waals surface area contributed by atoms with Crippen LogP contribution in [0.25, 0.3) is 111 Å². The minimum atomic E-state index is 0.702. The van der Waals surface area contributed by atoms with E-state index in [-0.39, 0.29) is 0 Å². The van der Waals surface area contributed by atoms with Crippen molar-refractivity contribution in [3.63, 3.8) is 0 Å². The monoisotopic (exact) mass is 764 g/mol. The maximum atomic E-state index is 5.19. The van der Waals surface area contributed by atoms with Crippen LogP contribution in [0, 0.1) is 0 Å². The van der Waals surface area contributed by atoms with Crippen LogP contribution in [0.1, 0.15) is 0 Å². The van der Waals surface area contributed by atoms with E-state index in [0.717, 1.165) is 44.8 Å². The minimum Gasteiger partial charge on any atom is -0.309 e. The van der Waals surface area contributed by atoms with Crippen molar-refractivity contribution in [2.75, 3.05) is 0 Å². The topological polar surface area (TPSA) is 35.6 Å². The molecule has 0 fully saturated rings. The third-order valence-corrected chi connectivity index (χ3v) is 11.9.